The van der Waals surface area contributed by atoms with Crippen molar-refractivity contribution in [1.82, 2.24) is 0 Å². The van der Waals surface area contributed by atoms with E-state index in [0.29, 0.717) is 10.8 Å². The fraction of sp³-hybridized carbons (Fsp3) is 0.316. The first kappa shape index (κ1) is 18.8. The summed E-state index contributed by atoms with van der Waals surface area (Å²) >= 11 is 7.63. The van der Waals surface area contributed by atoms with Crippen LogP contribution in [0.15, 0.2) is 47.5 Å². The lowest BCUT2D eigenvalue weighted by Crippen LogP contribution is -2.39. The molecule has 2 aliphatic rings. The van der Waals surface area contributed by atoms with Crippen LogP contribution >= 0.6 is 23.4 Å². The minimum absolute atomic E-state index is 0.0847. The lowest BCUT2D eigenvalue weighted by molar-refractivity contribution is 0.601. The van der Waals surface area contributed by atoms with Crippen LogP contribution in [-0.4, -0.2) is 37.2 Å². The third kappa shape index (κ3) is 3.86. The highest BCUT2D eigenvalue weighted by molar-refractivity contribution is 8.13. The molecule has 142 valence electrons. The number of aryl methyl sites for hydroxylation is 1. The van der Waals surface area contributed by atoms with Gasteiger partial charge in [-0.25, -0.2) is 12.8 Å². The molecule has 0 aromatic heterocycles. The van der Waals surface area contributed by atoms with E-state index < -0.39 is 9.84 Å². The second-order valence-electron chi connectivity index (χ2n) is 6.85. The number of rotatable bonds is 3. The molecule has 0 saturated carbocycles. The van der Waals surface area contributed by atoms with Crippen molar-refractivity contribution in [3.05, 3.63) is 64.4 Å². The number of benzene rings is 2. The largest absolute Gasteiger partial charge is 0.315 e. The SMILES string of the molecule is Cc1ccc(N2C(SCc3ccc(F)cc3Cl)=N[C@@H]3CS(=O)(=O)C[C@@H]32)cc1. The fourth-order valence-corrected chi connectivity index (χ4v) is 6.71. The van der Waals surface area contributed by atoms with Gasteiger partial charge in [0.15, 0.2) is 15.0 Å². The van der Waals surface area contributed by atoms with Crippen molar-refractivity contribution in [3.63, 3.8) is 0 Å². The van der Waals surface area contributed by atoms with E-state index >= 15 is 0 Å². The Hall–Kier alpha value is -1.57. The summed E-state index contributed by atoms with van der Waals surface area (Å²) in [7, 11) is -3.08. The summed E-state index contributed by atoms with van der Waals surface area (Å²) in [6, 6.07) is 11.9. The lowest BCUT2D eigenvalue weighted by Gasteiger charge is -2.26. The first-order chi connectivity index (χ1) is 12.8. The van der Waals surface area contributed by atoms with Crippen molar-refractivity contribution in [1.29, 1.82) is 0 Å². The van der Waals surface area contributed by atoms with Crippen molar-refractivity contribution in [2.24, 2.45) is 4.99 Å². The highest BCUT2D eigenvalue weighted by atomic mass is 35.5. The summed E-state index contributed by atoms with van der Waals surface area (Å²) in [4.78, 5) is 6.72. The van der Waals surface area contributed by atoms with E-state index in [2.05, 4.69) is 0 Å². The third-order valence-corrected chi connectivity index (χ3v) is 7.86. The van der Waals surface area contributed by atoms with Gasteiger partial charge in [-0.1, -0.05) is 47.1 Å². The molecule has 2 heterocycles. The number of hydrogen-bond donors (Lipinski definition) is 0. The molecule has 2 aromatic rings. The molecule has 0 spiro atoms. The van der Waals surface area contributed by atoms with Crippen molar-refractivity contribution < 1.29 is 12.8 Å². The maximum atomic E-state index is 13.3. The van der Waals surface area contributed by atoms with E-state index in [0.717, 1.165) is 22.0 Å². The molecule has 2 atom stereocenters. The molecule has 1 fully saturated rings. The number of thioether (sulfide) groups is 1. The van der Waals surface area contributed by atoms with Crippen LogP contribution in [0.1, 0.15) is 11.1 Å². The monoisotopic (exact) mass is 424 g/mol. The second-order valence-corrected chi connectivity index (χ2v) is 10.4. The van der Waals surface area contributed by atoms with E-state index in [-0.39, 0.29) is 29.4 Å². The van der Waals surface area contributed by atoms with Crippen LogP contribution < -0.4 is 4.90 Å². The highest BCUT2D eigenvalue weighted by Crippen LogP contribution is 2.36. The van der Waals surface area contributed by atoms with E-state index in [4.69, 9.17) is 16.6 Å². The minimum Gasteiger partial charge on any atom is -0.315 e. The molecule has 4 nitrogen and oxygen atoms in total. The van der Waals surface area contributed by atoms with Gasteiger partial charge >= 0.3 is 0 Å². The first-order valence-electron chi connectivity index (χ1n) is 8.53. The van der Waals surface area contributed by atoms with Crippen LogP contribution in [0.4, 0.5) is 10.1 Å². The number of anilines is 1. The van der Waals surface area contributed by atoms with Crippen LogP contribution in [0, 0.1) is 12.7 Å². The standard InChI is InChI=1S/C19H18ClFN2O2S2/c1-12-2-6-15(7-3-12)23-18-11-27(24,25)10-17(18)22-19(23)26-9-13-4-5-14(21)8-16(13)20/h2-8,17-18H,9-11H2,1H3/t17-,18+/m1/s1. The smallest absolute Gasteiger partial charge is 0.164 e. The molecule has 4 rings (SSSR count). The molecular weight excluding hydrogens is 407 g/mol. The minimum atomic E-state index is -3.08. The zero-order valence-electron chi connectivity index (χ0n) is 14.6. The highest BCUT2D eigenvalue weighted by Gasteiger charge is 2.47. The molecule has 0 unspecified atom stereocenters. The molecule has 2 aromatic carbocycles. The van der Waals surface area contributed by atoms with E-state index in [1.54, 1.807) is 6.07 Å². The Morgan fingerprint density at radius 3 is 2.67 bits per heavy atom. The fourth-order valence-electron chi connectivity index (χ4n) is 3.42. The predicted molar refractivity (Wildman–Crippen MR) is 110 cm³/mol. The van der Waals surface area contributed by atoms with Gasteiger partial charge in [0, 0.05) is 16.5 Å². The molecular formula is C19H18ClFN2O2S2. The van der Waals surface area contributed by atoms with Crippen LogP contribution in [0.25, 0.3) is 0 Å². The Morgan fingerprint density at radius 1 is 1.22 bits per heavy atom. The molecule has 27 heavy (non-hydrogen) atoms. The normalized spacial score (nSPS) is 23.4. The Morgan fingerprint density at radius 2 is 1.96 bits per heavy atom. The Labute approximate surface area is 167 Å². The second kappa shape index (κ2) is 7.11. The molecule has 0 aliphatic carbocycles. The van der Waals surface area contributed by atoms with Crippen LogP contribution in [0.3, 0.4) is 0 Å². The first-order valence-corrected chi connectivity index (χ1v) is 11.7. The topological polar surface area (TPSA) is 49.7 Å². The van der Waals surface area contributed by atoms with E-state index in [1.165, 1.54) is 23.9 Å². The zero-order chi connectivity index (χ0) is 19.2. The average Bonchev–Trinajstić information content (AvgIpc) is 3.06. The summed E-state index contributed by atoms with van der Waals surface area (Å²) < 4.78 is 37.4. The molecule has 8 heteroatoms. The van der Waals surface area contributed by atoms with Crippen molar-refractivity contribution in [2.75, 3.05) is 16.4 Å². The summed E-state index contributed by atoms with van der Waals surface area (Å²) in [5, 5.41) is 1.16. The summed E-state index contributed by atoms with van der Waals surface area (Å²) in [5.41, 5.74) is 2.89. The van der Waals surface area contributed by atoms with Gasteiger partial charge in [0.25, 0.3) is 0 Å². The molecule has 0 N–H and O–H groups in total. The van der Waals surface area contributed by atoms with Gasteiger partial charge in [-0.3, -0.25) is 4.99 Å². The van der Waals surface area contributed by atoms with Gasteiger partial charge in [-0.05, 0) is 36.8 Å². The zero-order valence-corrected chi connectivity index (χ0v) is 17.0. The predicted octanol–water partition coefficient (Wildman–Crippen LogP) is 4.06. The Balaban J connectivity index is 1.61. The number of halogens is 2. The van der Waals surface area contributed by atoms with Gasteiger partial charge in [0.05, 0.1) is 23.6 Å². The molecule has 2 aliphatic heterocycles. The van der Waals surface area contributed by atoms with Gasteiger partial charge in [0.1, 0.15) is 5.82 Å². The number of sulfone groups is 1. The van der Waals surface area contributed by atoms with Crippen molar-refractivity contribution in [2.45, 2.75) is 24.8 Å². The van der Waals surface area contributed by atoms with E-state index in [1.807, 2.05) is 36.1 Å². The molecule has 0 radical (unpaired) electrons. The Bertz CT molecular complexity index is 1010. The summed E-state index contributed by atoms with van der Waals surface area (Å²) in [6.07, 6.45) is 0. The van der Waals surface area contributed by atoms with Gasteiger partial charge in [0.2, 0.25) is 0 Å². The number of aliphatic imine (C=N–C) groups is 1. The molecule has 0 amide bonds. The third-order valence-electron chi connectivity index (χ3n) is 4.79. The van der Waals surface area contributed by atoms with Gasteiger partial charge < -0.3 is 4.90 Å². The maximum absolute atomic E-state index is 13.3. The number of hydrogen-bond acceptors (Lipinski definition) is 5. The van der Waals surface area contributed by atoms with Crippen LogP contribution in [-0.2, 0) is 15.6 Å². The maximum Gasteiger partial charge on any atom is 0.164 e. The number of fused-ring (bicyclic) bond motifs is 1. The van der Waals surface area contributed by atoms with E-state index in [9.17, 15) is 12.8 Å². The van der Waals surface area contributed by atoms with Crippen molar-refractivity contribution >= 4 is 44.1 Å². The quantitative estimate of drug-likeness (QED) is 0.745. The van der Waals surface area contributed by atoms with Crippen LogP contribution in [0.2, 0.25) is 5.02 Å². The Kier molecular flexibility index (Phi) is 4.94. The number of nitrogens with zero attached hydrogens (tertiary/aromatic N) is 2. The molecule has 1 saturated heterocycles. The van der Waals surface area contributed by atoms with Crippen LogP contribution in [0.5, 0.6) is 0 Å². The summed E-state index contributed by atoms with van der Waals surface area (Å²) in [5.74, 6) is 0.359. The average molecular weight is 425 g/mol. The number of amidine groups is 1. The van der Waals surface area contributed by atoms with Crippen molar-refractivity contribution in [3.8, 4) is 0 Å². The van der Waals surface area contributed by atoms with Gasteiger partial charge in [-0.2, -0.15) is 0 Å². The summed E-state index contributed by atoms with van der Waals surface area (Å²) in [6.45, 7) is 2.01. The lowest BCUT2D eigenvalue weighted by atomic mass is 10.1. The molecule has 0 bridgehead atoms. The van der Waals surface area contributed by atoms with Gasteiger partial charge in [-0.15, -0.1) is 0 Å².